The summed E-state index contributed by atoms with van der Waals surface area (Å²) in [7, 11) is 1.65. The van der Waals surface area contributed by atoms with Crippen molar-refractivity contribution >= 4 is 17.7 Å². The van der Waals surface area contributed by atoms with Crippen molar-refractivity contribution in [3.05, 3.63) is 41.6 Å². The number of methoxy groups -OCH3 is 1. The van der Waals surface area contributed by atoms with E-state index in [-0.39, 0.29) is 5.97 Å². The van der Waals surface area contributed by atoms with Crippen molar-refractivity contribution in [3.63, 3.8) is 0 Å². The number of hydrogen-bond acceptors (Lipinski definition) is 5. The molecule has 0 aliphatic heterocycles. The minimum absolute atomic E-state index is 0.384. The van der Waals surface area contributed by atoms with Crippen LogP contribution in [0.2, 0.25) is 0 Å². The summed E-state index contributed by atoms with van der Waals surface area (Å²) in [6.45, 7) is 2.04. The molecule has 19 heavy (non-hydrogen) atoms. The van der Waals surface area contributed by atoms with E-state index < -0.39 is 0 Å². The second-order valence-corrected chi connectivity index (χ2v) is 5.06. The number of hydrogen-bond donors (Lipinski definition) is 1. The van der Waals surface area contributed by atoms with E-state index in [4.69, 9.17) is 15.2 Å². The Labute approximate surface area is 118 Å². The Morgan fingerprint density at radius 3 is 2.63 bits per heavy atom. The van der Waals surface area contributed by atoms with Crippen LogP contribution in [-0.4, -0.2) is 25.4 Å². The smallest absolute Gasteiger partial charge is 0.332 e. The van der Waals surface area contributed by atoms with Crippen LogP contribution in [-0.2, 0) is 15.3 Å². The number of allylic oxidation sites excluding steroid dienone is 1. The summed E-state index contributed by atoms with van der Waals surface area (Å²) in [6.07, 6.45) is 1.29. The van der Waals surface area contributed by atoms with Crippen LogP contribution in [0.5, 0.6) is 5.75 Å². The molecular formula is C14H19NO3S. The zero-order chi connectivity index (χ0) is 14.1. The monoisotopic (exact) mass is 281 g/mol. The highest BCUT2D eigenvalue weighted by Gasteiger charge is 1.99. The second kappa shape index (κ2) is 8.48. The predicted molar refractivity (Wildman–Crippen MR) is 78.1 cm³/mol. The summed E-state index contributed by atoms with van der Waals surface area (Å²) in [4.78, 5) is 11.2. The average Bonchev–Trinajstić information content (AvgIpc) is 2.38. The molecule has 0 saturated carbocycles. The summed E-state index contributed by atoms with van der Waals surface area (Å²) in [6, 6.07) is 7.92. The normalized spacial score (nSPS) is 11.2. The first kappa shape index (κ1) is 15.4. The fourth-order valence-electron chi connectivity index (χ4n) is 1.34. The Morgan fingerprint density at radius 2 is 2.05 bits per heavy atom. The lowest BCUT2D eigenvalue weighted by Gasteiger charge is -2.04. The number of rotatable bonds is 7. The summed E-state index contributed by atoms with van der Waals surface area (Å²) >= 11 is 1.71. The van der Waals surface area contributed by atoms with Crippen LogP contribution in [0.4, 0.5) is 0 Å². The van der Waals surface area contributed by atoms with Gasteiger partial charge < -0.3 is 15.2 Å². The van der Waals surface area contributed by atoms with Gasteiger partial charge in [0.2, 0.25) is 0 Å². The fraction of sp³-hybridized carbons (Fsp3) is 0.357. The molecule has 104 valence electrons. The lowest BCUT2D eigenvalue weighted by atomic mass is 10.2. The Balaban J connectivity index is 2.17. The van der Waals surface area contributed by atoms with E-state index in [1.165, 1.54) is 11.6 Å². The van der Waals surface area contributed by atoms with E-state index in [2.05, 4.69) is 0 Å². The van der Waals surface area contributed by atoms with Gasteiger partial charge in [-0.1, -0.05) is 12.1 Å². The van der Waals surface area contributed by atoms with Gasteiger partial charge >= 0.3 is 5.97 Å². The first-order valence-corrected chi connectivity index (χ1v) is 7.08. The van der Waals surface area contributed by atoms with Crippen LogP contribution >= 0.6 is 11.8 Å². The third kappa shape index (κ3) is 6.76. The maximum Gasteiger partial charge on any atom is 0.332 e. The van der Waals surface area contributed by atoms with E-state index in [9.17, 15) is 4.79 Å². The molecule has 0 fully saturated rings. The molecule has 0 aliphatic carbocycles. The molecule has 0 aromatic heterocycles. The Morgan fingerprint density at radius 1 is 1.37 bits per heavy atom. The third-order valence-electron chi connectivity index (χ3n) is 2.25. The molecule has 0 radical (unpaired) electrons. The van der Waals surface area contributed by atoms with Crippen molar-refractivity contribution in [2.75, 3.05) is 19.5 Å². The first-order valence-electron chi connectivity index (χ1n) is 5.93. The first-order chi connectivity index (χ1) is 9.11. The van der Waals surface area contributed by atoms with E-state index in [0.717, 1.165) is 17.3 Å². The highest BCUT2D eigenvalue weighted by atomic mass is 32.2. The lowest BCUT2D eigenvalue weighted by molar-refractivity contribution is -0.137. The number of esters is 1. The van der Waals surface area contributed by atoms with E-state index in [0.29, 0.717) is 12.3 Å². The number of ether oxygens (including phenoxy) is 2. The molecule has 0 bridgehead atoms. The van der Waals surface area contributed by atoms with Crippen molar-refractivity contribution in [2.45, 2.75) is 12.7 Å². The molecular weight excluding hydrogens is 262 g/mol. The van der Waals surface area contributed by atoms with Crippen LogP contribution in [0.25, 0.3) is 0 Å². The quantitative estimate of drug-likeness (QED) is 0.472. The standard InChI is InChI=1S/C14H19NO3S/c1-11(15)9-14(16)18-7-8-19-10-12-3-5-13(17-2)6-4-12/h3-6,9H,7-8,10,15H2,1-2H3/b11-9-. The van der Waals surface area contributed by atoms with Gasteiger partial charge in [-0.05, 0) is 24.6 Å². The molecule has 5 heteroatoms. The van der Waals surface area contributed by atoms with E-state index in [1.54, 1.807) is 25.8 Å². The van der Waals surface area contributed by atoms with E-state index >= 15 is 0 Å². The second-order valence-electron chi connectivity index (χ2n) is 3.96. The maximum absolute atomic E-state index is 11.2. The molecule has 0 atom stereocenters. The van der Waals surface area contributed by atoms with Crippen LogP contribution in [0.15, 0.2) is 36.0 Å². The minimum atomic E-state index is -0.384. The molecule has 0 spiro atoms. The highest BCUT2D eigenvalue weighted by Crippen LogP contribution is 2.16. The van der Waals surface area contributed by atoms with Gasteiger partial charge in [0, 0.05) is 23.3 Å². The predicted octanol–water partition coefficient (Wildman–Crippen LogP) is 2.33. The maximum atomic E-state index is 11.2. The van der Waals surface area contributed by atoms with Crippen molar-refractivity contribution in [2.24, 2.45) is 5.73 Å². The highest BCUT2D eigenvalue weighted by molar-refractivity contribution is 7.98. The lowest BCUT2D eigenvalue weighted by Crippen LogP contribution is -2.06. The van der Waals surface area contributed by atoms with Crippen molar-refractivity contribution < 1.29 is 14.3 Å². The van der Waals surface area contributed by atoms with Crippen molar-refractivity contribution in [1.82, 2.24) is 0 Å². The van der Waals surface area contributed by atoms with Gasteiger partial charge in [-0.25, -0.2) is 4.79 Å². The number of nitrogens with two attached hydrogens (primary N) is 1. The molecule has 0 unspecified atom stereocenters. The molecule has 1 aromatic carbocycles. The number of benzene rings is 1. The van der Waals surface area contributed by atoms with Gasteiger partial charge in [-0.15, -0.1) is 0 Å². The number of thioether (sulfide) groups is 1. The molecule has 0 aliphatic rings. The summed E-state index contributed by atoms with van der Waals surface area (Å²) in [5, 5.41) is 0. The van der Waals surface area contributed by atoms with Crippen molar-refractivity contribution in [1.29, 1.82) is 0 Å². The van der Waals surface area contributed by atoms with Crippen LogP contribution < -0.4 is 10.5 Å². The van der Waals surface area contributed by atoms with Gasteiger partial charge in [0.05, 0.1) is 7.11 Å². The van der Waals surface area contributed by atoms with Gasteiger partial charge in [0.15, 0.2) is 0 Å². The molecule has 4 nitrogen and oxygen atoms in total. The van der Waals surface area contributed by atoms with E-state index in [1.807, 2.05) is 24.3 Å². The van der Waals surface area contributed by atoms with Gasteiger partial charge in [-0.3, -0.25) is 0 Å². The fourth-order valence-corrected chi connectivity index (χ4v) is 2.11. The topological polar surface area (TPSA) is 61.5 Å². The molecule has 0 saturated heterocycles. The summed E-state index contributed by atoms with van der Waals surface area (Å²) in [5.41, 5.74) is 7.04. The summed E-state index contributed by atoms with van der Waals surface area (Å²) in [5.74, 6) is 2.11. The third-order valence-corrected chi connectivity index (χ3v) is 3.24. The van der Waals surface area contributed by atoms with Gasteiger partial charge in [0.1, 0.15) is 12.4 Å². The SMILES string of the molecule is COc1ccc(CSCCOC(=O)/C=C(/C)N)cc1. The molecule has 0 amide bonds. The zero-order valence-electron chi connectivity index (χ0n) is 11.2. The average molecular weight is 281 g/mol. The Hall–Kier alpha value is -1.62. The van der Waals surface area contributed by atoms with Gasteiger partial charge in [-0.2, -0.15) is 11.8 Å². The molecule has 0 heterocycles. The number of carbonyl (C=O) groups excluding carboxylic acids is 1. The van der Waals surface area contributed by atoms with Crippen LogP contribution in [0.3, 0.4) is 0 Å². The molecule has 1 rings (SSSR count). The Kier molecular flexibility index (Phi) is 6.89. The van der Waals surface area contributed by atoms with Crippen LogP contribution in [0, 0.1) is 0 Å². The Bertz CT molecular complexity index is 425. The minimum Gasteiger partial charge on any atom is -0.497 e. The number of carbonyl (C=O) groups is 1. The largest absolute Gasteiger partial charge is 0.497 e. The zero-order valence-corrected chi connectivity index (χ0v) is 12.0. The summed E-state index contributed by atoms with van der Waals surface area (Å²) < 4.78 is 10.1. The van der Waals surface area contributed by atoms with Crippen LogP contribution in [0.1, 0.15) is 12.5 Å². The van der Waals surface area contributed by atoms with Crippen molar-refractivity contribution in [3.8, 4) is 5.75 Å². The molecule has 1 aromatic rings. The molecule has 2 N–H and O–H groups in total. The van der Waals surface area contributed by atoms with Gasteiger partial charge in [0.25, 0.3) is 0 Å².